The van der Waals surface area contributed by atoms with Crippen LogP contribution in [0, 0.1) is 5.92 Å². The highest BCUT2D eigenvalue weighted by Crippen LogP contribution is 2.11. The molecular weight excluding hydrogens is 973 g/mol. The molecule has 0 heterocycles. The second-order valence-corrected chi connectivity index (χ2v) is 17.7. The number of carbonyl (C=O) groups excluding carboxylic acids is 11. The van der Waals surface area contributed by atoms with Gasteiger partial charge in [-0.05, 0) is 70.5 Å². The number of hydrogen-bond donors (Lipinski definition) is 16. The molecule has 0 aliphatic carbocycles. The van der Waals surface area contributed by atoms with Crippen LogP contribution in [0.15, 0.2) is 30.3 Å². The molecule has 0 radical (unpaired) electrons. The van der Waals surface area contributed by atoms with Gasteiger partial charge in [0.15, 0.2) is 0 Å². The highest BCUT2D eigenvalue weighted by molar-refractivity contribution is 5.99. The fourth-order valence-electron chi connectivity index (χ4n) is 6.89. The number of carboxylic acids is 1. The molecule has 0 saturated carbocycles. The summed E-state index contributed by atoms with van der Waals surface area (Å²) in [5.41, 5.74) is 28.0. The number of carbonyl (C=O) groups is 12. The first-order chi connectivity index (χ1) is 34.8. The Hall–Kier alpha value is -7.30. The number of amides is 11. The molecule has 0 spiro atoms. The van der Waals surface area contributed by atoms with Crippen molar-refractivity contribution in [2.75, 3.05) is 26.2 Å². The van der Waals surface area contributed by atoms with Crippen molar-refractivity contribution in [3.05, 3.63) is 35.9 Å². The maximum atomic E-state index is 14.0. The van der Waals surface area contributed by atoms with Crippen molar-refractivity contribution in [2.24, 2.45) is 34.6 Å². The normalized spacial score (nSPS) is 15.0. The molecule has 0 aliphatic heterocycles. The van der Waals surface area contributed by atoms with E-state index in [1.54, 1.807) is 44.2 Å². The molecule has 1 aromatic rings. The van der Waals surface area contributed by atoms with Gasteiger partial charge in [-0.15, -0.1) is 0 Å². The fourth-order valence-corrected chi connectivity index (χ4v) is 6.89. The molecule has 1 aromatic carbocycles. The van der Waals surface area contributed by atoms with Crippen molar-refractivity contribution in [2.45, 2.75) is 146 Å². The van der Waals surface area contributed by atoms with E-state index in [9.17, 15) is 67.7 Å². The first-order valence-corrected chi connectivity index (χ1v) is 24.2. The van der Waals surface area contributed by atoms with E-state index in [2.05, 4.69) is 47.9 Å². The number of aliphatic hydroxyl groups is 1. The van der Waals surface area contributed by atoms with E-state index in [1.807, 2.05) is 0 Å². The van der Waals surface area contributed by atoms with Crippen LogP contribution in [-0.4, -0.2) is 162 Å². The third kappa shape index (κ3) is 24.9. The van der Waals surface area contributed by atoms with Crippen molar-refractivity contribution >= 4 is 70.9 Å². The van der Waals surface area contributed by atoms with Crippen molar-refractivity contribution in [1.29, 1.82) is 0 Å². The second kappa shape index (κ2) is 34.2. The van der Waals surface area contributed by atoms with E-state index in [0.717, 1.165) is 0 Å². The monoisotopic (exact) mass is 1050 g/mol. The first-order valence-electron chi connectivity index (χ1n) is 24.2. The zero-order valence-electron chi connectivity index (χ0n) is 42.2. The van der Waals surface area contributed by atoms with Gasteiger partial charge in [0.05, 0.1) is 38.1 Å². The Bertz CT molecular complexity index is 2080. The van der Waals surface area contributed by atoms with Gasteiger partial charge >= 0.3 is 5.97 Å². The molecule has 0 aromatic heterocycles. The number of primary amides is 2. The molecule has 0 saturated heterocycles. The molecule has 28 heteroatoms. The Labute approximate surface area is 428 Å². The average molecular weight is 1050 g/mol. The maximum Gasteiger partial charge on any atom is 0.326 e. The number of benzene rings is 1. The van der Waals surface area contributed by atoms with Crippen molar-refractivity contribution < 1.29 is 67.7 Å². The Balaban J connectivity index is 3.14. The van der Waals surface area contributed by atoms with Gasteiger partial charge in [0.1, 0.15) is 42.3 Å². The van der Waals surface area contributed by atoms with Gasteiger partial charge in [-0.1, -0.05) is 57.0 Å². The molecule has 11 amide bonds. The Morgan fingerprint density at radius 2 is 1.03 bits per heavy atom. The predicted molar refractivity (Wildman–Crippen MR) is 266 cm³/mol. The van der Waals surface area contributed by atoms with Crippen LogP contribution in [0.2, 0.25) is 0 Å². The smallest absolute Gasteiger partial charge is 0.326 e. The van der Waals surface area contributed by atoms with Crippen LogP contribution in [0.25, 0.3) is 0 Å². The van der Waals surface area contributed by atoms with Gasteiger partial charge in [0, 0.05) is 6.42 Å². The zero-order valence-corrected chi connectivity index (χ0v) is 42.2. The highest BCUT2D eigenvalue weighted by Gasteiger charge is 2.35. The van der Waals surface area contributed by atoms with Crippen molar-refractivity contribution in [3.8, 4) is 0 Å². The lowest BCUT2D eigenvalue weighted by Gasteiger charge is -2.27. The number of nitrogens with two attached hydrogens (primary N) is 5. The number of aliphatic carboxylic acids is 1. The van der Waals surface area contributed by atoms with Gasteiger partial charge in [0.25, 0.3) is 0 Å². The summed E-state index contributed by atoms with van der Waals surface area (Å²) in [6.07, 6.45) is -0.482. The number of unbranched alkanes of at least 4 members (excludes halogenated alkanes) is 2. The summed E-state index contributed by atoms with van der Waals surface area (Å²) in [7, 11) is 0. The molecule has 74 heavy (non-hydrogen) atoms. The van der Waals surface area contributed by atoms with E-state index in [-0.39, 0.29) is 19.3 Å². The summed E-state index contributed by atoms with van der Waals surface area (Å²) >= 11 is 0. The minimum Gasteiger partial charge on any atom is -0.480 e. The Morgan fingerprint density at radius 1 is 0.541 bits per heavy atom. The van der Waals surface area contributed by atoms with Crippen LogP contribution in [-0.2, 0) is 64.0 Å². The number of hydrogen-bond acceptors (Lipinski definition) is 16. The summed E-state index contributed by atoms with van der Waals surface area (Å²) < 4.78 is 0. The van der Waals surface area contributed by atoms with Gasteiger partial charge in [-0.25, -0.2) is 4.79 Å². The molecule has 0 bridgehead atoms. The van der Waals surface area contributed by atoms with E-state index in [4.69, 9.17) is 28.7 Å². The van der Waals surface area contributed by atoms with Crippen LogP contribution in [0.5, 0.6) is 0 Å². The fraction of sp³-hybridized carbons (Fsp3) is 0.609. The van der Waals surface area contributed by atoms with E-state index in [1.165, 1.54) is 13.8 Å². The standard InChI is InChI=1S/C46H76N14O14/c1-5-24(2)37(44(71)53-23-35(64)55-29(46(73)74)16-10-12-18-48)59-43(70)30(19-27-13-7-6-8-14-27)57-39(66)25(3)54-42(69)32(21-34(51)63)56-36(65)22-52-41(68)31(20-33(50)62)58-45(72)38(26(4)61)60-40(67)28(49)15-9-11-17-47/h6-8,13-14,24-26,28-32,37-38,61H,5,9-12,15-23,47-49H2,1-4H3,(H2,50,62)(H2,51,63)(H,52,68)(H,53,71)(H,54,69)(H,55,64)(H,56,65)(H,57,66)(H,58,72)(H,59,70)(H,60,67)(H,73,74)/t24-,25-,26+,28-,29-,30-,31-,32-,37-,38-/m0/s1. The van der Waals surface area contributed by atoms with Gasteiger partial charge < -0.3 is 86.7 Å². The lowest BCUT2D eigenvalue weighted by atomic mass is 9.97. The minimum absolute atomic E-state index is 0.112. The van der Waals surface area contributed by atoms with E-state index >= 15 is 0 Å². The Morgan fingerprint density at radius 3 is 1.54 bits per heavy atom. The van der Waals surface area contributed by atoms with E-state index < -0.39 is 157 Å². The topological polar surface area (TPSA) is 484 Å². The van der Waals surface area contributed by atoms with Crippen LogP contribution < -0.4 is 76.5 Å². The molecule has 28 nitrogen and oxygen atoms in total. The first kappa shape index (κ1) is 64.7. The van der Waals surface area contributed by atoms with Crippen molar-refractivity contribution in [3.63, 3.8) is 0 Å². The van der Waals surface area contributed by atoms with E-state index in [0.29, 0.717) is 50.8 Å². The molecule has 21 N–H and O–H groups in total. The zero-order chi connectivity index (χ0) is 56.1. The summed E-state index contributed by atoms with van der Waals surface area (Å²) in [5, 5.41) is 40.9. The summed E-state index contributed by atoms with van der Waals surface area (Å²) in [4.78, 5) is 155. The number of carboxylic acid groups (broad SMARTS) is 1. The molecule has 0 aliphatic rings. The van der Waals surface area contributed by atoms with Crippen molar-refractivity contribution in [1.82, 2.24) is 47.9 Å². The third-order valence-electron chi connectivity index (χ3n) is 11.4. The lowest BCUT2D eigenvalue weighted by Crippen LogP contribution is -2.60. The molecule has 10 atom stereocenters. The lowest BCUT2D eigenvalue weighted by molar-refractivity contribution is -0.142. The highest BCUT2D eigenvalue weighted by atomic mass is 16.4. The quantitative estimate of drug-likeness (QED) is 0.0278. The number of nitrogens with one attached hydrogen (secondary N) is 9. The maximum absolute atomic E-state index is 14.0. The molecular formula is C46H76N14O14. The largest absolute Gasteiger partial charge is 0.480 e. The Kier molecular flexibility index (Phi) is 29.9. The summed E-state index contributed by atoms with van der Waals surface area (Å²) in [6, 6.07) is -3.08. The third-order valence-corrected chi connectivity index (χ3v) is 11.4. The van der Waals surface area contributed by atoms with Crippen LogP contribution in [0.3, 0.4) is 0 Å². The SMILES string of the molecule is CC[C@H](C)[C@H](NC(=O)[C@H](Cc1ccccc1)NC(=O)[C@H](C)NC(=O)[C@H](CC(N)=O)NC(=O)CNC(=O)[C@H](CC(N)=O)NC(=O)[C@@H](NC(=O)[C@@H](N)CCCCN)[C@@H](C)O)C(=O)NCC(=O)N[C@@H](CCCCN)C(=O)O. The second-order valence-electron chi connectivity index (χ2n) is 17.7. The average Bonchev–Trinajstić information content (AvgIpc) is 3.34. The van der Waals surface area contributed by atoms with Crippen LogP contribution >= 0.6 is 0 Å². The van der Waals surface area contributed by atoms with Gasteiger partial charge in [0.2, 0.25) is 65.0 Å². The summed E-state index contributed by atoms with van der Waals surface area (Å²) in [5.74, 6) is -12.5. The molecule has 414 valence electrons. The predicted octanol–water partition coefficient (Wildman–Crippen LogP) is -6.28. The van der Waals surface area contributed by atoms with Crippen LogP contribution in [0.1, 0.15) is 91.0 Å². The summed E-state index contributed by atoms with van der Waals surface area (Å²) in [6.45, 7) is 4.96. The van der Waals surface area contributed by atoms with Crippen LogP contribution in [0.4, 0.5) is 0 Å². The molecule has 1 rings (SSSR count). The number of aliphatic hydroxyl groups excluding tert-OH is 1. The number of rotatable bonds is 36. The minimum atomic E-state index is -1.74. The molecule has 0 fully saturated rings. The van der Waals surface area contributed by atoms with Gasteiger partial charge in [-0.3, -0.25) is 52.7 Å². The van der Waals surface area contributed by atoms with Gasteiger partial charge in [-0.2, -0.15) is 0 Å². The molecule has 0 unspecified atom stereocenters.